The van der Waals surface area contributed by atoms with Crippen LogP contribution in [0.4, 0.5) is 0 Å². The highest BCUT2D eigenvalue weighted by Crippen LogP contribution is 2.28. The van der Waals surface area contributed by atoms with Gasteiger partial charge in [0, 0.05) is 5.54 Å². The molecule has 0 atom stereocenters. The van der Waals surface area contributed by atoms with Crippen molar-refractivity contribution in [3.05, 3.63) is 0 Å². The maximum atomic E-state index is 11.6. The molecule has 1 rings (SSSR count). The molecule has 1 aromatic rings. The fourth-order valence-electron chi connectivity index (χ4n) is 1.02. The summed E-state index contributed by atoms with van der Waals surface area (Å²) < 4.78 is 1.82. The van der Waals surface area contributed by atoms with Gasteiger partial charge in [0.2, 0.25) is 5.91 Å². The van der Waals surface area contributed by atoms with Gasteiger partial charge in [-0.3, -0.25) is 4.79 Å². The molecule has 4 nitrogen and oxygen atoms in total. The van der Waals surface area contributed by atoms with Crippen LogP contribution in [0.15, 0.2) is 8.68 Å². The van der Waals surface area contributed by atoms with Crippen LogP contribution in [-0.4, -0.2) is 33.1 Å². The van der Waals surface area contributed by atoms with Gasteiger partial charge >= 0.3 is 0 Å². The normalized spacial score (nSPS) is 11.5. The summed E-state index contributed by atoms with van der Waals surface area (Å²) in [5.74, 6) is 1.41. The quantitative estimate of drug-likeness (QED) is 0.845. The first-order chi connectivity index (χ1) is 7.90. The van der Waals surface area contributed by atoms with Gasteiger partial charge in [-0.2, -0.15) is 0 Å². The number of hydrogen-bond donors (Lipinski definition) is 1. The van der Waals surface area contributed by atoms with Crippen molar-refractivity contribution in [1.29, 1.82) is 0 Å². The highest BCUT2D eigenvalue weighted by atomic mass is 32.2. The van der Waals surface area contributed by atoms with Crippen LogP contribution in [0.5, 0.6) is 0 Å². The SMILES string of the molecule is CCSc1nnc(SCC(=O)NC(C)(C)C)s1. The average Bonchev–Trinajstić information content (AvgIpc) is 2.61. The number of aromatic nitrogens is 2. The third-order valence-electron chi connectivity index (χ3n) is 1.50. The monoisotopic (exact) mass is 291 g/mol. The van der Waals surface area contributed by atoms with Crippen LogP contribution in [0.1, 0.15) is 27.7 Å². The van der Waals surface area contributed by atoms with E-state index in [0.717, 1.165) is 14.4 Å². The molecule has 0 aliphatic heterocycles. The van der Waals surface area contributed by atoms with Crippen molar-refractivity contribution >= 4 is 40.8 Å². The summed E-state index contributed by atoms with van der Waals surface area (Å²) in [5.41, 5.74) is -0.179. The second kappa shape index (κ2) is 6.61. The smallest absolute Gasteiger partial charge is 0.230 e. The minimum Gasteiger partial charge on any atom is -0.351 e. The van der Waals surface area contributed by atoms with E-state index < -0.39 is 0 Å². The van der Waals surface area contributed by atoms with E-state index in [1.165, 1.54) is 11.8 Å². The molecular weight excluding hydrogens is 274 g/mol. The third-order valence-corrected chi connectivity index (χ3v) is 4.57. The second-order valence-electron chi connectivity index (χ2n) is 4.35. The Morgan fingerprint density at radius 1 is 1.29 bits per heavy atom. The number of carbonyl (C=O) groups excluding carboxylic acids is 1. The number of hydrogen-bond acceptors (Lipinski definition) is 6. The van der Waals surface area contributed by atoms with Crippen LogP contribution in [0.2, 0.25) is 0 Å². The predicted octanol–water partition coefficient (Wildman–Crippen LogP) is 2.66. The fraction of sp³-hybridized carbons (Fsp3) is 0.700. The standard InChI is InChI=1S/C10H17N3OS3/c1-5-15-8-12-13-9(17-8)16-6-7(14)11-10(2,3)4/h5-6H2,1-4H3,(H,11,14). The van der Waals surface area contributed by atoms with E-state index >= 15 is 0 Å². The molecule has 1 amide bonds. The summed E-state index contributed by atoms with van der Waals surface area (Å²) in [6.07, 6.45) is 0. The van der Waals surface area contributed by atoms with Gasteiger partial charge in [0.25, 0.3) is 0 Å². The Morgan fingerprint density at radius 2 is 1.88 bits per heavy atom. The van der Waals surface area contributed by atoms with Crippen molar-refractivity contribution in [3.63, 3.8) is 0 Å². The summed E-state index contributed by atoms with van der Waals surface area (Å²) in [4.78, 5) is 11.6. The largest absolute Gasteiger partial charge is 0.351 e. The number of nitrogens with one attached hydrogen (secondary N) is 1. The van der Waals surface area contributed by atoms with Crippen molar-refractivity contribution in [1.82, 2.24) is 15.5 Å². The first kappa shape index (κ1) is 14.8. The van der Waals surface area contributed by atoms with Gasteiger partial charge in [-0.1, -0.05) is 41.8 Å². The fourth-order valence-corrected chi connectivity index (χ4v) is 3.74. The minimum absolute atomic E-state index is 0.0300. The van der Waals surface area contributed by atoms with Crippen molar-refractivity contribution in [2.24, 2.45) is 0 Å². The zero-order valence-electron chi connectivity index (χ0n) is 10.4. The Kier molecular flexibility index (Phi) is 5.75. The molecule has 0 aliphatic rings. The van der Waals surface area contributed by atoms with E-state index in [1.807, 2.05) is 20.8 Å². The number of nitrogens with zero attached hydrogens (tertiary/aromatic N) is 2. The molecular formula is C10H17N3OS3. The van der Waals surface area contributed by atoms with E-state index in [1.54, 1.807) is 23.1 Å². The molecule has 0 bridgehead atoms. The lowest BCUT2D eigenvalue weighted by Gasteiger charge is -2.19. The molecule has 1 N–H and O–H groups in total. The second-order valence-corrected chi connectivity index (χ2v) is 8.06. The maximum Gasteiger partial charge on any atom is 0.230 e. The van der Waals surface area contributed by atoms with E-state index in [2.05, 4.69) is 22.4 Å². The van der Waals surface area contributed by atoms with Gasteiger partial charge in [0.1, 0.15) is 0 Å². The lowest BCUT2D eigenvalue weighted by molar-refractivity contribution is -0.119. The highest BCUT2D eigenvalue weighted by molar-refractivity contribution is 8.03. The number of carbonyl (C=O) groups is 1. The maximum absolute atomic E-state index is 11.6. The van der Waals surface area contributed by atoms with Gasteiger partial charge in [-0.25, -0.2) is 0 Å². The van der Waals surface area contributed by atoms with Crippen LogP contribution < -0.4 is 5.32 Å². The molecule has 1 aromatic heterocycles. The van der Waals surface area contributed by atoms with Gasteiger partial charge in [0.15, 0.2) is 8.68 Å². The van der Waals surface area contributed by atoms with Crippen LogP contribution in [0.25, 0.3) is 0 Å². The van der Waals surface area contributed by atoms with Crippen LogP contribution in [0, 0.1) is 0 Å². The van der Waals surface area contributed by atoms with E-state index in [0.29, 0.717) is 5.75 Å². The molecule has 7 heteroatoms. The lowest BCUT2D eigenvalue weighted by atomic mass is 10.1. The Morgan fingerprint density at radius 3 is 2.41 bits per heavy atom. The van der Waals surface area contributed by atoms with Crippen molar-refractivity contribution in [2.45, 2.75) is 41.9 Å². The third kappa shape index (κ3) is 6.28. The van der Waals surface area contributed by atoms with E-state index in [9.17, 15) is 4.79 Å². The van der Waals surface area contributed by atoms with Crippen molar-refractivity contribution in [2.75, 3.05) is 11.5 Å². The zero-order chi connectivity index (χ0) is 12.9. The molecule has 0 fully saturated rings. The first-order valence-electron chi connectivity index (χ1n) is 5.31. The topological polar surface area (TPSA) is 54.9 Å². The molecule has 0 saturated heterocycles. The molecule has 96 valence electrons. The van der Waals surface area contributed by atoms with E-state index in [4.69, 9.17) is 0 Å². The summed E-state index contributed by atoms with van der Waals surface area (Å²) in [6, 6.07) is 0. The number of amides is 1. The summed E-state index contributed by atoms with van der Waals surface area (Å²) >= 11 is 4.65. The van der Waals surface area contributed by atoms with E-state index in [-0.39, 0.29) is 11.4 Å². The molecule has 0 spiro atoms. The zero-order valence-corrected chi connectivity index (χ0v) is 12.9. The van der Waals surface area contributed by atoms with Gasteiger partial charge in [-0.05, 0) is 26.5 Å². The minimum atomic E-state index is -0.179. The van der Waals surface area contributed by atoms with Crippen LogP contribution in [-0.2, 0) is 4.79 Å². The first-order valence-corrected chi connectivity index (χ1v) is 8.09. The summed E-state index contributed by atoms with van der Waals surface area (Å²) in [5, 5.41) is 11.0. The predicted molar refractivity (Wildman–Crippen MR) is 74.9 cm³/mol. The average molecular weight is 291 g/mol. The molecule has 0 aliphatic carbocycles. The summed E-state index contributed by atoms with van der Waals surface area (Å²) in [6.45, 7) is 7.99. The molecule has 0 radical (unpaired) electrons. The number of rotatable bonds is 5. The number of thioether (sulfide) groups is 2. The van der Waals surface area contributed by atoms with Crippen LogP contribution in [0.3, 0.4) is 0 Å². The van der Waals surface area contributed by atoms with Gasteiger partial charge in [0.05, 0.1) is 5.75 Å². The summed E-state index contributed by atoms with van der Waals surface area (Å²) in [7, 11) is 0. The molecule has 0 unspecified atom stereocenters. The highest BCUT2D eigenvalue weighted by Gasteiger charge is 2.14. The molecule has 1 heterocycles. The Hall–Kier alpha value is -0.270. The van der Waals surface area contributed by atoms with Crippen molar-refractivity contribution < 1.29 is 4.79 Å². The van der Waals surface area contributed by atoms with Crippen molar-refractivity contribution in [3.8, 4) is 0 Å². The Bertz CT molecular complexity index is 373. The van der Waals surface area contributed by atoms with Crippen LogP contribution >= 0.6 is 34.9 Å². The Balaban J connectivity index is 2.37. The Labute approximate surface area is 114 Å². The molecule has 0 saturated carbocycles. The lowest BCUT2D eigenvalue weighted by Crippen LogP contribution is -2.41. The van der Waals surface area contributed by atoms with Gasteiger partial charge in [-0.15, -0.1) is 10.2 Å². The molecule has 0 aromatic carbocycles. The molecule has 17 heavy (non-hydrogen) atoms. The van der Waals surface area contributed by atoms with Gasteiger partial charge < -0.3 is 5.32 Å².